The van der Waals surface area contributed by atoms with Gasteiger partial charge in [0, 0.05) is 11.1 Å². The molecule has 0 saturated carbocycles. The molecule has 1 heterocycles. The average molecular weight is 362 g/mol. The highest BCUT2D eigenvalue weighted by Gasteiger charge is 2.25. The highest BCUT2D eigenvalue weighted by molar-refractivity contribution is 5.98. The summed E-state index contributed by atoms with van der Waals surface area (Å²) in [5, 5.41) is 16.2. The molecular formula is C18H26N4O4. The first-order chi connectivity index (χ1) is 12.4. The van der Waals surface area contributed by atoms with Gasteiger partial charge < -0.3 is 14.8 Å². The van der Waals surface area contributed by atoms with Crippen LogP contribution in [-0.4, -0.2) is 48.3 Å². The Balaban J connectivity index is 2.68. The van der Waals surface area contributed by atoms with Crippen molar-refractivity contribution in [2.75, 3.05) is 32.6 Å². The van der Waals surface area contributed by atoms with Crippen molar-refractivity contribution in [2.24, 2.45) is 0 Å². The maximum absolute atomic E-state index is 11.8. The second kappa shape index (κ2) is 8.18. The van der Waals surface area contributed by atoms with Crippen molar-refractivity contribution >= 4 is 22.3 Å². The molecule has 0 spiro atoms. The number of nitrogens with one attached hydrogen (secondary N) is 1. The summed E-state index contributed by atoms with van der Waals surface area (Å²) in [5.74, 6) is 1.21. The van der Waals surface area contributed by atoms with E-state index in [4.69, 9.17) is 9.47 Å². The number of rotatable bonds is 8. The second-order valence-electron chi connectivity index (χ2n) is 5.95. The molecule has 0 amide bonds. The fraction of sp³-hybridized carbons (Fsp3) is 0.500. The van der Waals surface area contributed by atoms with E-state index in [1.54, 1.807) is 12.1 Å². The van der Waals surface area contributed by atoms with Gasteiger partial charge in [0.05, 0.1) is 30.7 Å². The molecule has 1 atom stereocenters. The fourth-order valence-corrected chi connectivity index (χ4v) is 3.13. The standard InChI is InChI=1S/C18H26N4O4/c1-7-21(8-2)12(4)20-18-17(22(23)24)14-10-16(26-6)15(25-5)9-13(14)11(3)19-18/h9-10,12H,7-8H2,1-6H3,(H,19,20). The molecule has 8 nitrogen and oxygen atoms in total. The van der Waals surface area contributed by atoms with Crippen molar-refractivity contribution in [3.05, 3.63) is 27.9 Å². The van der Waals surface area contributed by atoms with E-state index in [1.807, 2.05) is 27.7 Å². The van der Waals surface area contributed by atoms with E-state index >= 15 is 0 Å². The molecule has 0 saturated heterocycles. The number of aromatic nitrogens is 1. The van der Waals surface area contributed by atoms with Gasteiger partial charge in [-0.2, -0.15) is 0 Å². The number of fused-ring (bicyclic) bond motifs is 1. The lowest BCUT2D eigenvalue weighted by atomic mass is 10.1. The zero-order valence-corrected chi connectivity index (χ0v) is 16.1. The van der Waals surface area contributed by atoms with Gasteiger partial charge in [0.2, 0.25) is 5.82 Å². The summed E-state index contributed by atoms with van der Waals surface area (Å²) < 4.78 is 10.6. The Morgan fingerprint density at radius 2 is 1.73 bits per heavy atom. The SMILES string of the molecule is CCN(CC)C(C)Nc1nc(C)c2cc(OC)c(OC)cc2c1[N+](=O)[O-]. The number of ether oxygens (including phenoxy) is 2. The maximum Gasteiger partial charge on any atom is 0.319 e. The predicted molar refractivity (Wildman–Crippen MR) is 102 cm³/mol. The van der Waals surface area contributed by atoms with Crippen molar-refractivity contribution in [2.45, 2.75) is 33.9 Å². The summed E-state index contributed by atoms with van der Waals surface area (Å²) in [4.78, 5) is 18.0. The zero-order valence-electron chi connectivity index (χ0n) is 16.1. The van der Waals surface area contributed by atoms with Crippen LogP contribution in [0.15, 0.2) is 12.1 Å². The first-order valence-electron chi connectivity index (χ1n) is 8.59. The molecule has 1 aromatic heterocycles. The van der Waals surface area contributed by atoms with Gasteiger partial charge in [-0.15, -0.1) is 0 Å². The van der Waals surface area contributed by atoms with E-state index < -0.39 is 4.92 Å². The normalized spacial score (nSPS) is 12.3. The largest absolute Gasteiger partial charge is 0.493 e. The number of pyridine rings is 1. The summed E-state index contributed by atoms with van der Waals surface area (Å²) in [6, 6.07) is 3.36. The summed E-state index contributed by atoms with van der Waals surface area (Å²) in [5.41, 5.74) is 0.617. The quantitative estimate of drug-likeness (QED) is 0.436. The zero-order chi connectivity index (χ0) is 19.4. The molecule has 0 fully saturated rings. The molecule has 1 unspecified atom stereocenters. The first-order valence-corrected chi connectivity index (χ1v) is 8.59. The minimum atomic E-state index is -0.405. The van der Waals surface area contributed by atoms with Crippen LogP contribution in [0.4, 0.5) is 11.5 Å². The van der Waals surface area contributed by atoms with Gasteiger partial charge in [-0.05, 0) is 39.1 Å². The molecule has 142 valence electrons. The van der Waals surface area contributed by atoms with Crippen molar-refractivity contribution in [3.8, 4) is 11.5 Å². The van der Waals surface area contributed by atoms with Crippen LogP contribution in [0.2, 0.25) is 0 Å². The van der Waals surface area contributed by atoms with Gasteiger partial charge >= 0.3 is 5.69 Å². The lowest BCUT2D eigenvalue weighted by molar-refractivity contribution is -0.382. The van der Waals surface area contributed by atoms with Crippen LogP contribution in [0.5, 0.6) is 11.5 Å². The molecule has 8 heteroatoms. The van der Waals surface area contributed by atoms with Crippen LogP contribution in [0.3, 0.4) is 0 Å². The third-order valence-corrected chi connectivity index (χ3v) is 4.56. The second-order valence-corrected chi connectivity index (χ2v) is 5.95. The van der Waals surface area contributed by atoms with Crippen molar-refractivity contribution in [1.82, 2.24) is 9.88 Å². The van der Waals surface area contributed by atoms with E-state index in [0.29, 0.717) is 28.0 Å². The number of aryl methyl sites for hydroxylation is 1. The highest BCUT2D eigenvalue weighted by Crippen LogP contribution is 2.40. The Hall–Kier alpha value is -2.61. The van der Waals surface area contributed by atoms with Crippen LogP contribution in [0, 0.1) is 17.0 Å². The first kappa shape index (κ1) is 19.7. The highest BCUT2D eigenvalue weighted by atomic mass is 16.6. The van der Waals surface area contributed by atoms with Gasteiger partial charge in [-0.25, -0.2) is 4.98 Å². The third kappa shape index (κ3) is 3.65. The van der Waals surface area contributed by atoms with Crippen molar-refractivity contribution in [1.29, 1.82) is 0 Å². The lowest BCUT2D eigenvalue weighted by Crippen LogP contribution is -2.38. The maximum atomic E-state index is 11.8. The molecule has 0 radical (unpaired) electrons. The number of anilines is 1. The van der Waals surface area contributed by atoms with Crippen LogP contribution >= 0.6 is 0 Å². The van der Waals surface area contributed by atoms with Crippen LogP contribution in [0.1, 0.15) is 26.5 Å². The lowest BCUT2D eigenvalue weighted by Gasteiger charge is -2.27. The Kier molecular flexibility index (Phi) is 6.20. The molecule has 1 aromatic carbocycles. The topological polar surface area (TPSA) is 89.8 Å². The van der Waals surface area contributed by atoms with Gasteiger partial charge in [0.15, 0.2) is 11.5 Å². The van der Waals surface area contributed by atoms with E-state index in [0.717, 1.165) is 13.1 Å². The number of hydrogen-bond acceptors (Lipinski definition) is 7. The van der Waals surface area contributed by atoms with Crippen LogP contribution < -0.4 is 14.8 Å². The van der Waals surface area contributed by atoms with Crippen molar-refractivity contribution in [3.63, 3.8) is 0 Å². The Morgan fingerprint density at radius 3 is 2.19 bits per heavy atom. The van der Waals surface area contributed by atoms with E-state index in [-0.39, 0.29) is 17.7 Å². The molecule has 26 heavy (non-hydrogen) atoms. The smallest absolute Gasteiger partial charge is 0.319 e. The molecule has 0 bridgehead atoms. The number of nitro groups is 1. The molecule has 1 N–H and O–H groups in total. The summed E-state index contributed by atoms with van der Waals surface area (Å²) in [6.07, 6.45) is -0.0896. The van der Waals surface area contributed by atoms with Gasteiger partial charge in [0.25, 0.3) is 0 Å². The minimum absolute atomic E-state index is 0.0643. The van der Waals surface area contributed by atoms with E-state index in [9.17, 15) is 10.1 Å². The van der Waals surface area contributed by atoms with Crippen LogP contribution in [-0.2, 0) is 0 Å². The Morgan fingerprint density at radius 1 is 1.19 bits per heavy atom. The third-order valence-electron chi connectivity index (χ3n) is 4.56. The summed E-state index contributed by atoms with van der Waals surface area (Å²) >= 11 is 0. The van der Waals surface area contributed by atoms with Crippen molar-refractivity contribution < 1.29 is 14.4 Å². The minimum Gasteiger partial charge on any atom is -0.493 e. The van der Waals surface area contributed by atoms with E-state index in [2.05, 4.69) is 15.2 Å². The summed E-state index contributed by atoms with van der Waals surface area (Å²) in [7, 11) is 3.04. The van der Waals surface area contributed by atoms with Crippen LogP contribution in [0.25, 0.3) is 10.8 Å². The predicted octanol–water partition coefficient (Wildman–Crippen LogP) is 3.57. The summed E-state index contributed by atoms with van der Waals surface area (Å²) in [6.45, 7) is 9.54. The molecule has 0 aliphatic carbocycles. The van der Waals surface area contributed by atoms with Gasteiger partial charge in [0.1, 0.15) is 0 Å². The average Bonchev–Trinajstić information content (AvgIpc) is 2.61. The van der Waals surface area contributed by atoms with E-state index in [1.165, 1.54) is 14.2 Å². The number of methoxy groups -OCH3 is 2. The Labute approximate surface area is 153 Å². The molecular weight excluding hydrogens is 336 g/mol. The molecule has 2 aromatic rings. The number of nitrogens with zero attached hydrogens (tertiary/aromatic N) is 3. The molecule has 0 aliphatic heterocycles. The number of benzene rings is 1. The fourth-order valence-electron chi connectivity index (χ4n) is 3.13. The molecule has 2 rings (SSSR count). The molecule has 0 aliphatic rings. The monoisotopic (exact) mass is 362 g/mol. The Bertz CT molecular complexity index is 806. The number of hydrogen-bond donors (Lipinski definition) is 1. The van der Waals surface area contributed by atoms with Gasteiger partial charge in [-0.3, -0.25) is 15.0 Å². The van der Waals surface area contributed by atoms with Gasteiger partial charge in [-0.1, -0.05) is 13.8 Å².